The lowest BCUT2D eigenvalue weighted by molar-refractivity contribution is -0.117. The third kappa shape index (κ3) is 6.21. The lowest BCUT2D eigenvalue weighted by Crippen LogP contribution is -2.26. The average Bonchev–Trinajstić information content (AvgIpc) is 3.38. The molecule has 0 saturated carbocycles. The van der Waals surface area contributed by atoms with Crippen LogP contribution in [-0.2, 0) is 9.59 Å². The van der Waals surface area contributed by atoms with Crippen molar-refractivity contribution in [2.75, 3.05) is 54.2 Å². The first-order chi connectivity index (χ1) is 18.8. The van der Waals surface area contributed by atoms with Gasteiger partial charge in [-0.1, -0.05) is 6.58 Å². The minimum Gasteiger partial charge on any atom is -0.494 e. The van der Waals surface area contributed by atoms with Crippen LogP contribution in [0.3, 0.4) is 0 Å². The Bertz CT molecular complexity index is 1390. The predicted molar refractivity (Wildman–Crippen MR) is 151 cm³/mol. The van der Waals surface area contributed by atoms with Gasteiger partial charge in [0.15, 0.2) is 0 Å². The standard InChI is InChI=1S/C28H31N7O4/c1-4-25(36)31-21-16-22(24(39-3)17-23(21)34(2)15-12-29)33-28-30-13-11-20(32-28)27(38)18-7-9-19(10-8-18)35-14-5-6-26(35)37/h4,7-11,13,16-17H,1,5-6,12,14-15,29H2,2-3H3,(H,31,36)(H,30,32,33). The summed E-state index contributed by atoms with van der Waals surface area (Å²) in [4.78, 5) is 49.5. The molecule has 0 atom stereocenters. The lowest BCUT2D eigenvalue weighted by Gasteiger charge is -2.24. The van der Waals surface area contributed by atoms with Crippen LogP contribution in [0.2, 0.25) is 0 Å². The van der Waals surface area contributed by atoms with Crippen LogP contribution in [0, 0.1) is 0 Å². The number of hydrogen-bond donors (Lipinski definition) is 3. The summed E-state index contributed by atoms with van der Waals surface area (Å²) in [6.07, 6.45) is 4.03. The zero-order valence-electron chi connectivity index (χ0n) is 21.9. The Balaban J connectivity index is 1.59. The van der Waals surface area contributed by atoms with E-state index in [1.165, 1.54) is 25.4 Å². The molecule has 4 rings (SSSR count). The molecule has 39 heavy (non-hydrogen) atoms. The summed E-state index contributed by atoms with van der Waals surface area (Å²) in [7, 11) is 3.38. The van der Waals surface area contributed by atoms with Crippen molar-refractivity contribution in [1.82, 2.24) is 9.97 Å². The van der Waals surface area contributed by atoms with E-state index < -0.39 is 0 Å². The van der Waals surface area contributed by atoms with Gasteiger partial charge in [0, 0.05) is 56.6 Å². The number of ketones is 1. The second kappa shape index (κ2) is 12.2. The van der Waals surface area contributed by atoms with Gasteiger partial charge in [0.1, 0.15) is 11.4 Å². The highest BCUT2D eigenvalue weighted by atomic mass is 16.5. The number of likely N-dealkylation sites (N-methyl/N-ethyl adjacent to an activating group) is 1. The Labute approximate surface area is 226 Å². The van der Waals surface area contributed by atoms with Gasteiger partial charge in [-0.3, -0.25) is 14.4 Å². The smallest absolute Gasteiger partial charge is 0.247 e. The fourth-order valence-electron chi connectivity index (χ4n) is 4.28. The molecular formula is C28H31N7O4. The number of aromatic nitrogens is 2. The molecule has 1 aliphatic heterocycles. The summed E-state index contributed by atoms with van der Waals surface area (Å²) in [5, 5.41) is 5.89. The first-order valence-electron chi connectivity index (χ1n) is 12.5. The largest absolute Gasteiger partial charge is 0.494 e. The number of benzene rings is 2. The second-order valence-electron chi connectivity index (χ2n) is 8.89. The Morgan fingerprint density at radius 1 is 1.21 bits per heavy atom. The SMILES string of the molecule is C=CC(=O)Nc1cc(Nc2nccc(C(=O)c3ccc(N4CCCC4=O)cc3)n2)c(OC)cc1N(C)CCN. The predicted octanol–water partition coefficient (Wildman–Crippen LogP) is 3.11. The molecule has 3 aromatic rings. The van der Waals surface area contributed by atoms with Crippen molar-refractivity contribution in [2.45, 2.75) is 12.8 Å². The van der Waals surface area contributed by atoms with E-state index in [0.717, 1.165) is 12.1 Å². The van der Waals surface area contributed by atoms with Crippen LogP contribution in [0.25, 0.3) is 0 Å². The summed E-state index contributed by atoms with van der Waals surface area (Å²) < 4.78 is 5.58. The molecule has 4 N–H and O–H groups in total. The van der Waals surface area contributed by atoms with E-state index in [1.54, 1.807) is 41.3 Å². The average molecular weight is 530 g/mol. The zero-order valence-corrected chi connectivity index (χ0v) is 21.9. The second-order valence-corrected chi connectivity index (χ2v) is 8.89. The minimum absolute atomic E-state index is 0.0855. The molecule has 1 aromatic heterocycles. The van der Waals surface area contributed by atoms with Crippen molar-refractivity contribution in [3.05, 3.63) is 72.6 Å². The maximum absolute atomic E-state index is 13.2. The van der Waals surface area contributed by atoms with Gasteiger partial charge >= 0.3 is 0 Å². The molecular weight excluding hydrogens is 498 g/mol. The first-order valence-corrected chi connectivity index (χ1v) is 12.5. The van der Waals surface area contributed by atoms with Crippen LogP contribution < -0.4 is 30.9 Å². The third-order valence-electron chi connectivity index (χ3n) is 6.29. The number of hydrogen-bond acceptors (Lipinski definition) is 9. The van der Waals surface area contributed by atoms with Crippen LogP contribution >= 0.6 is 0 Å². The number of carbonyl (C=O) groups is 3. The van der Waals surface area contributed by atoms with Crippen molar-refractivity contribution < 1.29 is 19.1 Å². The van der Waals surface area contributed by atoms with E-state index in [9.17, 15) is 14.4 Å². The van der Waals surface area contributed by atoms with Gasteiger partial charge in [-0.05, 0) is 48.9 Å². The van der Waals surface area contributed by atoms with Gasteiger partial charge in [0.2, 0.25) is 23.5 Å². The van der Waals surface area contributed by atoms with Crippen molar-refractivity contribution in [1.29, 1.82) is 0 Å². The third-order valence-corrected chi connectivity index (χ3v) is 6.29. The number of nitrogens with two attached hydrogens (primary N) is 1. The van der Waals surface area contributed by atoms with E-state index in [4.69, 9.17) is 10.5 Å². The van der Waals surface area contributed by atoms with Crippen molar-refractivity contribution in [3.63, 3.8) is 0 Å². The zero-order chi connectivity index (χ0) is 27.9. The molecule has 11 nitrogen and oxygen atoms in total. The molecule has 11 heteroatoms. The van der Waals surface area contributed by atoms with Gasteiger partial charge in [0.25, 0.3) is 0 Å². The van der Waals surface area contributed by atoms with Crippen molar-refractivity contribution >= 4 is 46.3 Å². The fraction of sp³-hybridized carbons (Fsp3) is 0.250. The Morgan fingerprint density at radius 3 is 2.62 bits per heavy atom. The summed E-state index contributed by atoms with van der Waals surface area (Å²) in [5.74, 6) is 0.0597. The molecule has 0 spiro atoms. The molecule has 0 bridgehead atoms. The summed E-state index contributed by atoms with van der Waals surface area (Å²) in [5.41, 5.74) is 8.80. The van der Waals surface area contributed by atoms with E-state index in [0.29, 0.717) is 54.4 Å². The van der Waals surface area contributed by atoms with Crippen LogP contribution in [0.4, 0.5) is 28.7 Å². The number of nitrogens with zero attached hydrogens (tertiary/aromatic N) is 4. The normalized spacial score (nSPS) is 12.7. The van der Waals surface area contributed by atoms with Gasteiger partial charge < -0.3 is 30.9 Å². The molecule has 0 unspecified atom stereocenters. The molecule has 2 heterocycles. The molecule has 0 radical (unpaired) electrons. The van der Waals surface area contributed by atoms with Crippen LogP contribution in [0.15, 0.2) is 61.3 Å². The summed E-state index contributed by atoms with van der Waals surface area (Å²) in [6, 6.07) is 11.9. The molecule has 2 amide bonds. The van der Waals surface area contributed by atoms with Crippen molar-refractivity contribution in [3.8, 4) is 5.75 Å². The summed E-state index contributed by atoms with van der Waals surface area (Å²) >= 11 is 0. The first kappa shape index (κ1) is 27.3. The molecule has 1 saturated heterocycles. The van der Waals surface area contributed by atoms with Gasteiger partial charge in [-0.25, -0.2) is 9.97 Å². The van der Waals surface area contributed by atoms with Crippen LogP contribution in [0.1, 0.15) is 28.9 Å². The number of amides is 2. The van der Waals surface area contributed by atoms with E-state index in [2.05, 4.69) is 27.2 Å². The topological polar surface area (TPSA) is 143 Å². The lowest BCUT2D eigenvalue weighted by atomic mass is 10.1. The van der Waals surface area contributed by atoms with E-state index in [1.807, 2.05) is 11.9 Å². The monoisotopic (exact) mass is 529 g/mol. The molecule has 2 aromatic carbocycles. The highest BCUT2D eigenvalue weighted by Crippen LogP contribution is 2.37. The molecule has 0 aliphatic carbocycles. The van der Waals surface area contributed by atoms with Gasteiger partial charge in [-0.2, -0.15) is 0 Å². The summed E-state index contributed by atoms with van der Waals surface area (Å²) in [6.45, 7) is 5.17. The fourth-order valence-corrected chi connectivity index (χ4v) is 4.28. The number of rotatable bonds is 11. The minimum atomic E-state index is -0.377. The number of anilines is 5. The van der Waals surface area contributed by atoms with E-state index in [-0.39, 0.29) is 29.2 Å². The van der Waals surface area contributed by atoms with Gasteiger partial charge in [-0.15, -0.1) is 0 Å². The molecule has 202 valence electrons. The van der Waals surface area contributed by atoms with Crippen molar-refractivity contribution in [2.24, 2.45) is 5.73 Å². The van der Waals surface area contributed by atoms with E-state index >= 15 is 0 Å². The van der Waals surface area contributed by atoms with Crippen LogP contribution in [0.5, 0.6) is 5.75 Å². The number of carbonyl (C=O) groups excluding carboxylic acids is 3. The van der Waals surface area contributed by atoms with Gasteiger partial charge in [0.05, 0.1) is 24.2 Å². The Kier molecular flexibility index (Phi) is 8.52. The quantitative estimate of drug-likeness (QED) is 0.252. The Hall–Kier alpha value is -4.77. The Morgan fingerprint density at radius 2 is 1.97 bits per heavy atom. The highest BCUT2D eigenvalue weighted by molar-refractivity contribution is 6.08. The number of nitrogens with one attached hydrogen (secondary N) is 2. The molecule has 1 fully saturated rings. The van der Waals surface area contributed by atoms with Crippen LogP contribution in [-0.4, -0.2) is 61.4 Å². The number of ether oxygens (including phenoxy) is 1. The number of methoxy groups -OCH3 is 1. The highest BCUT2D eigenvalue weighted by Gasteiger charge is 2.22. The maximum Gasteiger partial charge on any atom is 0.247 e. The molecule has 1 aliphatic rings. The maximum atomic E-state index is 13.2.